The Morgan fingerprint density at radius 2 is 1.86 bits per heavy atom. The van der Waals surface area contributed by atoms with E-state index in [0.717, 1.165) is 30.1 Å². The van der Waals surface area contributed by atoms with Crippen LogP contribution in [0.3, 0.4) is 0 Å². The Morgan fingerprint density at radius 1 is 1.11 bits per heavy atom. The Bertz CT molecular complexity index is 1130. The highest BCUT2D eigenvalue weighted by Gasteiger charge is 2.86. The summed E-state index contributed by atoms with van der Waals surface area (Å²) in [5, 5.41) is 40.0. The molecule has 35 heavy (non-hydrogen) atoms. The number of nitrogens with one attached hydrogen (secondary N) is 1. The predicted octanol–water partition coefficient (Wildman–Crippen LogP) is 2.93. The normalized spacial score (nSPS) is 47.9. The molecule has 1 aromatic heterocycles. The molecule has 2 saturated heterocycles. The number of fused-ring (bicyclic) bond motifs is 3. The molecule has 0 radical (unpaired) electrons. The molecule has 5 aliphatic carbocycles. The van der Waals surface area contributed by atoms with Gasteiger partial charge in [-0.3, -0.25) is 4.79 Å². The van der Waals surface area contributed by atoms with Gasteiger partial charge in [0.1, 0.15) is 11.5 Å². The van der Waals surface area contributed by atoms with Gasteiger partial charge in [-0.25, -0.2) is 4.98 Å². The van der Waals surface area contributed by atoms with Gasteiger partial charge >= 0.3 is 0 Å². The number of aliphatic hydroxyl groups is 3. The molecule has 8 heteroatoms. The van der Waals surface area contributed by atoms with E-state index < -0.39 is 34.7 Å². The van der Waals surface area contributed by atoms with Crippen LogP contribution in [0, 0.1) is 28.6 Å². The van der Waals surface area contributed by atoms with Gasteiger partial charge < -0.3 is 25.4 Å². The standard InChI is InChI=1S/C27H36N2O5S/c1-13-15-9-10-17-25-12-34-27(33,26(17,20(13)30)21(15)31)22(32)18(25)24(2,3)11-16-19(25)29-23(35-16)28-14-7-5-4-6-8-14/h14-15,17-18,21-22,31-33H,1,4-12H2,2-3H3,(H,28,29)/t15-,17-,18+,21+,22-,25-,26-,27+/m0/s1. The minimum absolute atomic E-state index is 0.192. The first kappa shape index (κ1) is 22.8. The Balaban J connectivity index is 1.42. The molecule has 8 atom stereocenters. The molecule has 2 spiro atoms. The molecular formula is C27H36N2O5S. The second-order valence-electron chi connectivity index (χ2n) is 12.8. The monoisotopic (exact) mass is 500 g/mol. The lowest BCUT2D eigenvalue weighted by molar-refractivity contribution is -0.429. The predicted molar refractivity (Wildman–Crippen MR) is 131 cm³/mol. The molecule has 4 bridgehead atoms. The van der Waals surface area contributed by atoms with Crippen LogP contribution in [-0.4, -0.2) is 56.7 Å². The van der Waals surface area contributed by atoms with E-state index in [-0.39, 0.29) is 29.6 Å². The minimum atomic E-state index is -2.13. The maximum Gasteiger partial charge on any atom is 0.208 e. The molecule has 3 heterocycles. The van der Waals surface area contributed by atoms with Gasteiger partial charge in [-0.1, -0.05) is 39.7 Å². The minimum Gasteiger partial charge on any atom is -0.391 e. The second-order valence-corrected chi connectivity index (χ2v) is 13.9. The maximum absolute atomic E-state index is 13.9. The number of carbonyl (C=O) groups excluding carboxylic acids is 1. The lowest BCUT2D eigenvalue weighted by Gasteiger charge is -2.73. The molecule has 6 fully saturated rings. The first-order valence-corrected chi connectivity index (χ1v) is 14.1. The fourth-order valence-corrected chi connectivity index (χ4v) is 10.9. The van der Waals surface area contributed by atoms with E-state index >= 15 is 0 Å². The van der Waals surface area contributed by atoms with Crippen LogP contribution in [0.5, 0.6) is 0 Å². The molecule has 190 valence electrons. The first-order valence-electron chi connectivity index (χ1n) is 13.3. The van der Waals surface area contributed by atoms with E-state index in [1.165, 1.54) is 24.1 Å². The van der Waals surface area contributed by atoms with Gasteiger partial charge in [0.2, 0.25) is 5.79 Å². The topological polar surface area (TPSA) is 112 Å². The van der Waals surface area contributed by atoms with Crippen LogP contribution < -0.4 is 5.32 Å². The SMILES string of the molecule is C=C1C(=O)[C@]23[C@H](O)[C@H]1CC[C@H]2[C@@]12CO[C@]3(O)[C@@H](O)[C@@H]1C(C)(C)Cc1sc(NC3CCCCC3)nc12. The Kier molecular flexibility index (Phi) is 4.54. The maximum atomic E-state index is 13.9. The Morgan fingerprint density at radius 3 is 2.60 bits per heavy atom. The summed E-state index contributed by atoms with van der Waals surface area (Å²) in [5.74, 6) is -3.58. The Labute approximate surface area is 210 Å². The Hall–Kier alpha value is -1.32. The number of anilines is 1. The molecule has 1 aromatic rings. The van der Waals surface area contributed by atoms with Crippen LogP contribution >= 0.6 is 11.3 Å². The van der Waals surface area contributed by atoms with Crippen molar-refractivity contribution in [1.29, 1.82) is 0 Å². The summed E-state index contributed by atoms with van der Waals surface area (Å²) < 4.78 is 6.15. The molecule has 0 amide bonds. The number of aliphatic hydroxyl groups excluding tert-OH is 2. The zero-order chi connectivity index (χ0) is 24.5. The fourth-order valence-electron chi connectivity index (χ4n) is 9.58. The number of ketones is 1. The van der Waals surface area contributed by atoms with Crippen LogP contribution in [0.15, 0.2) is 12.2 Å². The van der Waals surface area contributed by atoms with E-state index in [1.807, 2.05) is 0 Å². The number of hydrogen-bond acceptors (Lipinski definition) is 8. The number of aromatic nitrogens is 1. The fraction of sp³-hybridized carbons (Fsp3) is 0.778. The molecule has 0 aromatic carbocycles. The summed E-state index contributed by atoms with van der Waals surface area (Å²) in [6.45, 7) is 8.50. The van der Waals surface area contributed by atoms with Crippen LogP contribution in [0.4, 0.5) is 5.13 Å². The van der Waals surface area contributed by atoms with Crippen molar-refractivity contribution in [3.05, 3.63) is 22.7 Å². The summed E-state index contributed by atoms with van der Waals surface area (Å²) in [5.41, 5.74) is -1.44. The van der Waals surface area contributed by atoms with E-state index in [4.69, 9.17) is 9.72 Å². The molecule has 2 aliphatic heterocycles. The number of hydrogen-bond donors (Lipinski definition) is 4. The van der Waals surface area contributed by atoms with Gasteiger partial charge in [0, 0.05) is 28.2 Å². The molecule has 0 unspecified atom stereocenters. The molecule has 7 nitrogen and oxygen atoms in total. The first-order chi connectivity index (χ1) is 16.6. The van der Waals surface area contributed by atoms with Crippen molar-refractivity contribution in [2.24, 2.45) is 28.6 Å². The highest BCUT2D eigenvalue weighted by atomic mass is 32.1. The molecule has 8 rings (SSSR count). The molecule has 4 saturated carbocycles. The van der Waals surface area contributed by atoms with Crippen LogP contribution in [-0.2, 0) is 21.4 Å². The van der Waals surface area contributed by atoms with E-state index in [9.17, 15) is 20.1 Å². The van der Waals surface area contributed by atoms with Gasteiger partial charge in [-0.2, -0.15) is 0 Å². The van der Waals surface area contributed by atoms with E-state index in [2.05, 4.69) is 25.7 Å². The lowest BCUT2D eigenvalue weighted by atomic mass is 9.36. The largest absolute Gasteiger partial charge is 0.391 e. The van der Waals surface area contributed by atoms with Crippen LogP contribution in [0.2, 0.25) is 0 Å². The smallest absolute Gasteiger partial charge is 0.208 e. The van der Waals surface area contributed by atoms with Gasteiger partial charge in [0.25, 0.3) is 0 Å². The zero-order valence-corrected chi connectivity index (χ0v) is 21.4. The van der Waals surface area contributed by atoms with Crippen molar-refractivity contribution < 1.29 is 24.9 Å². The van der Waals surface area contributed by atoms with Crippen LogP contribution in [0.1, 0.15) is 69.4 Å². The van der Waals surface area contributed by atoms with Gasteiger partial charge in [0.05, 0.1) is 18.4 Å². The highest BCUT2D eigenvalue weighted by Crippen LogP contribution is 2.75. The molecule has 4 N–H and O–H groups in total. The third-order valence-electron chi connectivity index (χ3n) is 10.8. The number of carbonyl (C=O) groups is 1. The quantitative estimate of drug-likeness (QED) is 0.462. The van der Waals surface area contributed by atoms with Crippen molar-refractivity contribution in [2.75, 3.05) is 11.9 Å². The van der Waals surface area contributed by atoms with Gasteiger partial charge in [-0.15, -0.1) is 11.3 Å². The third-order valence-corrected chi connectivity index (χ3v) is 11.8. The van der Waals surface area contributed by atoms with Crippen molar-refractivity contribution in [2.45, 2.75) is 94.7 Å². The number of nitrogens with zero attached hydrogens (tertiary/aromatic N) is 1. The van der Waals surface area contributed by atoms with Crippen molar-refractivity contribution >= 4 is 22.3 Å². The summed E-state index contributed by atoms with van der Waals surface area (Å²) >= 11 is 1.69. The number of thiazole rings is 1. The zero-order valence-electron chi connectivity index (χ0n) is 20.5. The van der Waals surface area contributed by atoms with Crippen molar-refractivity contribution in [3.8, 4) is 0 Å². The lowest BCUT2D eigenvalue weighted by Crippen LogP contribution is -2.85. The van der Waals surface area contributed by atoms with Gasteiger partial charge in [-0.05, 0) is 49.0 Å². The van der Waals surface area contributed by atoms with E-state index in [1.54, 1.807) is 11.3 Å². The average molecular weight is 501 g/mol. The van der Waals surface area contributed by atoms with E-state index in [0.29, 0.717) is 24.5 Å². The molecule has 7 aliphatic rings. The number of ether oxygens (including phenoxy) is 1. The highest BCUT2D eigenvalue weighted by molar-refractivity contribution is 7.15. The third kappa shape index (κ3) is 2.42. The number of rotatable bonds is 2. The van der Waals surface area contributed by atoms with Crippen molar-refractivity contribution in [3.63, 3.8) is 0 Å². The molecular weight excluding hydrogens is 464 g/mol. The van der Waals surface area contributed by atoms with Gasteiger partial charge in [0.15, 0.2) is 10.9 Å². The number of Topliss-reactive ketones (excluding diaryl/α,β-unsaturated/α-hetero) is 1. The second kappa shape index (κ2) is 6.95. The van der Waals surface area contributed by atoms with Crippen molar-refractivity contribution in [1.82, 2.24) is 4.98 Å². The summed E-state index contributed by atoms with van der Waals surface area (Å²) in [6.07, 6.45) is 5.68. The summed E-state index contributed by atoms with van der Waals surface area (Å²) in [7, 11) is 0. The summed E-state index contributed by atoms with van der Waals surface area (Å²) in [6, 6.07) is 0.422. The summed E-state index contributed by atoms with van der Waals surface area (Å²) in [4.78, 5) is 20.2. The average Bonchev–Trinajstić information content (AvgIpc) is 3.24. The van der Waals surface area contributed by atoms with Crippen LogP contribution in [0.25, 0.3) is 0 Å².